The number of rotatable bonds is 10. The third-order valence-corrected chi connectivity index (χ3v) is 4.67. The molecule has 1 aromatic carbocycles. The fourth-order valence-electron chi connectivity index (χ4n) is 2.75. The van der Waals surface area contributed by atoms with Crippen molar-refractivity contribution in [2.24, 2.45) is 5.92 Å². The second-order valence-electron chi connectivity index (χ2n) is 6.75. The van der Waals surface area contributed by atoms with Gasteiger partial charge in [0, 0.05) is 29.4 Å². The molecule has 0 radical (unpaired) electrons. The largest absolute Gasteiger partial charge is 0.389 e. The summed E-state index contributed by atoms with van der Waals surface area (Å²) in [6.45, 7) is 9.99. The normalized spacial score (nSPS) is 12.9. The molecule has 0 bridgehead atoms. The Bertz CT molecular complexity index is 582. The molecule has 2 rings (SSSR count). The van der Waals surface area contributed by atoms with Crippen LogP contribution in [0.3, 0.4) is 0 Å². The van der Waals surface area contributed by atoms with Crippen molar-refractivity contribution >= 4 is 11.3 Å². The third kappa shape index (κ3) is 7.14. The maximum absolute atomic E-state index is 10.3. The van der Waals surface area contributed by atoms with Gasteiger partial charge < -0.3 is 9.84 Å². The van der Waals surface area contributed by atoms with E-state index in [1.165, 1.54) is 9.75 Å². The molecule has 1 N–H and O–H groups in total. The molecule has 0 amide bonds. The fraction of sp³-hybridized carbons (Fsp3) is 0.500. The average molecular weight is 348 g/mol. The van der Waals surface area contributed by atoms with Crippen LogP contribution in [0.5, 0.6) is 0 Å². The minimum Gasteiger partial charge on any atom is -0.389 e. The summed E-state index contributed by atoms with van der Waals surface area (Å²) in [7, 11) is 0. The first-order valence-electron chi connectivity index (χ1n) is 8.60. The summed E-state index contributed by atoms with van der Waals surface area (Å²) in [6.07, 6.45) is -0.464. The number of benzene rings is 1. The minimum atomic E-state index is -0.464. The molecule has 0 aliphatic rings. The van der Waals surface area contributed by atoms with E-state index < -0.39 is 6.10 Å². The maximum Gasteiger partial charge on any atom is 0.0900 e. The monoisotopic (exact) mass is 347 g/mol. The SMILES string of the molecule is Cc1ccc(CN(CC(C)C)CC(O)COCc2ccccc2)s1. The van der Waals surface area contributed by atoms with E-state index in [-0.39, 0.29) is 0 Å². The Morgan fingerprint density at radius 1 is 1.08 bits per heavy atom. The van der Waals surface area contributed by atoms with Gasteiger partial charge in [-0.05, 0) is 30.5 Å². The topological polar surface area (TPSA) is 32.7 Å². The molecule has 0 aliphatic carbocycles. The highest BCUT2D eigenvalue weighted by Gasteiger charge is 2.15. The van der Waals surface area contributed by atoms with Crippen LogP contribution in [-0.2, 0) is 17.9 Å². The van der Waals surface area contributed by atoms with Crippen molar-refractivity contribution in [1.29, 1.82) is 0 Å². The predicted molar refractivity (Wildman–Crippen MR) is 101 cm³/mol. The lowest BCUT2D eigenvalue weighted by Crippen LogP contribution is -2.36. The third-order valence-electron chi connectivity index (χ3n) is 3.69. The van der Waals surface area contributed by atoms with Crippen LogP contribution in [0.15, 0.2) is 42.5 Å². The van der Waals surface area contributed by atoms with Gasteiger partial charge in [0.05, 0.1) is 19.3 Å². The minimum absolute atomic E-state index is 0.368. The van der Waals surface area contributed by atoms with E-state index in [0.29, 0.717) is 25.7 Å². The average Bonchev–Trinajstić information content (AvgIpc) is 2.92. The van der Waals surface area contributed by atoms with Gasteiger partial charge >= 0.3 is 0 Å². The summed E-state index contributed by atoms with van der Waals surface area (Å²) in [4.78, 5) is 5.01. The van der Waals surface area contributed by atoms with Crippen LogP contribution < -0.4 is 0 Å². The van der Waals surface area contributed by atoms with E-state index in [1.807, 2.05) is 41.7 Å². The van der Waals surface area contributed by atoms with E-state index in [4.69, 9.17) is 4.74 Å². The number of nitrogens with zero attached hydrogens (tertiary/aromatic N) is 1. The van der Waals surface area contributed by atoms with Crippen LogP contribution in [-0.4, -0.2) is 35.8 Å². The first kappa shape index (κ1) is 19.1. The van der Waals surface area contributed by atoms with Crippen LogP contribution in [0.2, 0.25) is 0 Å². The molecule has 1 unspecified atom stereocenters. The zero-order valence-corrected chi connectivity index (χ0v) is 15.8. The fourth-order valence-corrected chi connectivity index (χ4v) is 3.68. The van der Waals surface area contributed by atoms with Crippen LogP contribution >= 0.6 is 11.3 Å². The zero-order chi connectivity index (χ0) is 17.4. The van der Waals surface area contributed by atoms with E-state index in [1.54, 1.807) is 0 Å². The first-order chi connectivity index (χ1) is 11.5. The highest BCUT2D eigenvalue weighted by atomic mass is 32.1. The van der Waals surface area contributed by atoms with Crippen molar-refractivity contribution in [3.63, 3.8) is 0 Å². The van der Waals surface area contributed by atoms with Gasteiger partial charge in [0.15, 0.2) is 0 Å². The molecule has 0 aliphatic heterocycles. The van der Waals surface area contributed by atoms with Crippen LogP contribution in [0.1, 0.15) is 29.2 Å². The van der Waals surface area contributed by atoms with E-state index in [0.717, 1.165) is 18.7 Å². The first-order valence-corrected chi connectivity index (χ1v) is 9.42. The number of hydrogen-bond acceptors (Lipinski definition) is 4. The van der Waals surface area contributed by atoms with Crippen molar-refractivity contribution < 1.29 is 9.84 Å². The Kier molecular flexibility index (Phi) is 7.92. The van der Waals surface area contributed by atoms with Gasteiger partial charge in [-0.1, -0.05) is 44.2 Å². The van der Waals surface area contributed by atoms with Gasteiger partial charge in [-0.2, -0.15) is 0 Å². The lowest BCUT2D eigenvalue weighted by atomic mass is 10.2. The number of aliphatic hydroxyl groups is 1. The highest BCUT2D eigenvalue weighted by Crippen LogP contribution is 2.18. The van der Waals surface area contributed by atoms with Crippen LogP contribution in [0.4, 0.5) is 0 Å². The Morgan fingerprint density at radius 3 is 2.46 bits per heavy atom. The van der Waals surface area contributed by atoms with Crippen LogP contribution in [0.25, 0.3) is 0 Å². The number of ether oxygens (including phenoxy) is 1. The Balaban J connectivity index is 1.79. The zero-order valence-electron chi connectivity index (χ0n) is 14.9. The van der Waals surface area contributed by atoms with Crippen LogP contribution in [0, 0.1) is 12.8 Å². The summed E-state index contributed by atoms with van der Waals surface area (Å²) in [5.41, 5.74) is 1.14. The molecular formula is C20H29NO2S. The second-order valence-corrected chi connectivity index (χ2v) is 8.13. The molecular weight excluding hydrogens is 318 g/mol. The lowest BCUT2D eigenvalue weighted by Gasteiger charge is -2.26. The Morgan fingerprint density at radius 2 is 1.83 bits per heavy atom. The van der Waals surface area contributed by atoms with Crippen molar-refractivity contribution in [3.05, 3.63) is 57.8 Å². The Hall–Kier alpha value is -1.20. The molecule has 132 valence electrons. The second kappa shape index (κ2) is 9.94. The summed E-state index contributed by atoms with van der Waals surface area (Å²) in [5, 5.41) is 10.3. The smallest absolute Gasteiger partial charge is 0.0900 e. The summed E-state index contributed by atoms with van der Waals surface area (Å²) >= 11 is 1.83. The number of aliphatic hydroxyl groups excluding tert-OH is 1. The van der Waals surface area contributed by atoms with Crippen molar-refractivity contribution in [2.75, 3.05) is 19.7 Å². The van der Waals surface area contributed by atoms with Gasteiger partial charge in [0.25, 0.3) is 0 Å². The summed E-state index contributed by atoms with van der Waals surface area (Å²) in [6, 6.07) is 14.4. The molecule has 1 heterocycles. The Labute approximate surface area is 149 Å². The van der Waals surface area contributed by atoms with E-state index in [9.17, 15) is 5.11 Å². The van der Waals surface area contributed by atoms with Gasteiger partial charge in [-0.15, -0.1) is 11.3 Å². The lowest BCUT2D eigenvalue weighted by molar-refractivity contribution is 0.00694. The molecule has 4 heteroatoms. The predicted octanol–water partition coefficient (Wildman–Crippen LogP) is 4.09. The summed E-state index contributed by atoms with van der Waals surface area (Å²) in [5.74, 6) is 0.573. The van der Waals surface area contributed by atoms with Gasteiger partial charge in [-0.3, -0.25) is 4.90 Å². The van der Waals surface area contributed by atoms with E-state index >= 15 is 0 Å². The summed E-state index contributed by atoms with van der Waals surface area (Å²) < 4.78 is 5.67. The van der Waals surface area contributed by atoms with Crippen molar-refractivity contribution in [2.45, 2.75) is 40.0 Å². The molecule has 0 saturated heterocycles. The van der Waals surface area contributed by atoms with Gasteiger partial charge in [-0.25, -0.2) is 0 Å². The van der Waals surface area contributed by atoms with E-state index in [2.05, 4.69) is 37.8 Å². The molecule has 1 atom stereocenters. The van der Waals surface area contributed by atoms with Crippen molar-refractivity contribution in [1.82, 2.24) is 4.90 Å². The van der Waals surface area contributed by atoms with Gasteiger partial charge in [0.2, 0.25) is 0 Å². The number of thiophene rings is 1. The molecule has 1 aromatic heterocycles. The molecule has 2 aromatic rings. The molecule has 3 nitrogen and oxygen atoms in total. The number of hydrogen-bond donors (Lipinski definition) is 1. The molecule has 0 saturated carbocycles. The molecule has 0 fully saturated rings. The number of aryl methyl sites for hydroxylation is 1. The molecule has 0 spiro atoms. The maximum atomic E-state index is 10.3. The highest BCUT2D eigenvalue weighted by molar-refractivity contribution is 7.11. The standard InChI is InChI=1S/C20H29NO2S/c1-16(2)11-21(13-20-10-9-17(3)24-20)12-19(22)15-23-14-18-7-5-4-6-8-18/h4-10,16,19,22H,11-15H2,1-3H3. The molecule has 24 heavy (non-hydrogen) atoms. The van der Waals surface area contributed by atoms with Gasteiger partial charge in [0.1, 0.15) is 0 Å². The quantitative estimate of drug-likeness (QED) is 0.702. The van der Waals surface area contributed by atoms with Crippen molar-refractivity contribution in [3.8, 4) is 0 Å².